The Hall–Kier alpha value is -3.16. The smallest absolute Gasteiger partial charge is 0.270 e. The van der Waals surface area contributed by atoms with Gasteiger partial charge in [-0.05, 0) is 39.3 Å². The summed E-state index contributed by atoms with van der Waals surface area (Å²) in [6.07, 6.45) is 0.0748. The van der Waals surface area contributed by atoms with Gasteiger partial charge in [0, 0.05) is 11.8 Å². The summed E-state index contributed by atoms with van der Waals surface area (Å²) in [5.74, 6) is -0.0496. The van der Waals surface area contributed by atoms with Crippen molar-refractivity contribution in [1.29, 1.82) is 0 Å². The van der Waals surface area contributed by atoms with Gasteiger partial charge in [-0.15, -0.1) is 0 Å². The molecule has 0 bridgehead atoms. The molecule has 1 atom stereocenters. The molecule has 8 heteroatoms. The van der Waals surface area contributed by atoms with Crippen LogP contribution < -0.4 is 10.6 Å². The van der Waals surface area contributed by atoms with E-state index in [1.165, 1.54) is 6.92 Å². The Morgan fingerprint density at radius 3 is 2.64 bits per heavy atom. The van der Waals surface area contributed by atoms with E-state index in [2.05, 4.69) is 20.9 Å². The first-order chi connectivity index (χ1) is 11.8. The molecule has 0 aliphatic heterocycles. The largest absolute Gasteiger partial charge is 0.383 e. The van der Waals surface area contributed by atoms with Crippen LogP contribution in [0.2, 0.25) is 0 Å². The zero-order valence-corrected chi connectivity index (χ0v) is 14.5. The lowest BCUT2D eigenvalue weighted by Gasteiger charge is -2.09. The fourth-order valence-electron chi connectivity index (χ4n) is 1.99. The van der Waals surface area contributed by atoms with E-state index in [1.54, 1.807) is 13.0 Å². The molecule has 1 aromatic heterocycles. The van der Waals surface area contributed by atoms with E-state index in [4.69, 9.17) is 9.36 Å². The summed E-state index contributed by atoms with van der Waals surface area (Å²) in [5.41, 5.74) is 2.74. The van der Waals surface area contributed by atoms with Gasteiger partial charge in [-0.1, -0.05) is 28.0 Å². The predicted octanol–water partition coefficient (Wildman–Crippen LogP) is 2.57. The van der Waals surface area contributed by atoms with E-state index in [0.29, 0.717) is 11.4 Å². The fraction of sp³-hybridized carbons (Fsp3) is 0.294. The molecule has 25 heavy (non-hydrogen) atoms. The fourth-order valence-corrected chi connectivity index (χ4v) is 1.99. The number of oxime groups is 1. The van der Waals surface area contributed by atoms with Crippen LogP contribution in [0, 0.1) is 20.8 Å². The van der Waals surface area contributed by atoms with E-state index < -0.39 is 17.9 Å². The number of rotatable bonds is 6. The predicted molar refractivity (Wildman–Crippen MR) is 93.5 cm³/mol. The number of nitrogens with one attached hydrogen (secondary N) is 2. The highest BCUT2D eigenvalue weighted by Gasteiger charge is 2.16. The van der Waals surface area contributed by atoms with Gasteiger partial charge in [0.1, 0.15) is 12.0 Å². The van der Waals surface area contributed by atoms with E-state index in [1.807, 2.05) is 32.0 Å². The van der Waals surface area contributed by atoms with Gasteiger partial charge in [-0.2, -0.15) is 0 Å². The highest BCUT2D eigenvalue weighted by Crippen LogP contribution is 2.15. The Morgan fingerprint density at radius 2 is 2.00 bits per heavy atom. The van der Waals surface area contributed by atoms with Crippen LogP contribution in [0.15, 0.2) is 33.9 Å². The minimum atomic E-state index is -0.901. The van der Waals surface area contributed by atoms with Crippen LogP contribution in [-0.4, -0.2) is 29.3 Å². The number of carbonyl (C=O) groups is 2. The second-order valence-electron chi connectivity index (χ2n) is 5.60. The third kappa shape index (κ3) is 5.45. The normalized spacial score (nSPS) is 12.0. The summed E-state index contributed by atoms with van der Waals surface area (Å²) < 4.78 is 4.84. The molecule has 0 aliphatic rings. The molecule has 132 valence electrons. The number of aromatic nitrogens is 1. The van der Waals surface area contributed by atoms with Gasteiger partial charge >= 0.3 is 0 Å². The highest BCUT2D eigenvalue weighted by molar-refractivity contribution is 6.31. The second kappa shape index (κ2) is 8.09. The van der Waals surface area contributed by atoms with Crippen LogP contribution in [0.25, 0.3) is 0 Å². The monoisotopic (exact) mass is 344 g/mol. The third-order valence-corrected chi connectivity index (χ3v) is 3.28. The summed E-state index contributed by atoms with van der Waals surface area (Å²) in [5, 5.41) is 12.4. The molecule has 2 N–H and O–H groups in total. The molecule has 2 rings (SSSR count). The number of carbonyl (C=O) groups excluding carboxylic acids is 2. The molecule has 0 aliphatic carbocycles. The Bertz CT molecular complexity index is 798. The van der Waals surface area contributed by atoms with Crippen LogP contribution >= 0.6 is 0 Å². The molecule has 2 amide bonds. The number of benzene rings is 1. The average molecular weight is 344 g/mol. The Balaban J connectivity index is 1.82. The Kier molecular flexibility index (Phi) is 5.89. The SMILES string of the molecule is Cc1ccc(NC(=O)/C=N\O[C@H](C)C(=O)Nc2cc(C)on2)c(C)c1. The van der Waals surface area contributed by atoms with Gasteiger partial charge < -0.3 is 20.0 Å². The first-order valence-corrected chi connectivity index (χ1v) is 7.67. The van der Waals surface area contributed by atoms with Crippen molar-refractivity contribution in [2.45, 2.75) is 33.8 Å². The summed E-state index contributed by atoms with van der Waals surface area (Å²) in [6, 6.07) is 7.24. The van der Waals surface area contributed by atoms with Crippen LogP contribution in [0.1, 0.15) is 23.8 Å². The summed E-state index contributed by atoms with van der Waals surface area (Å²) in [4.78, 5) is 28.7. The van der Waals surface area contributed by atoms with Crippen LogP contribution in [0.5, 0.6) is 0 Å². The molecular formula is C17H20N4O4. The van der Waals surface area contributed by atoms with Gasteiger partial charge in [0.25, 0.3) is 11.8 Å². The van der Waals surface area contributed by atoms with E-state index >= 15 is 0 Å². The lowest BCUT2D eigenvalue weighted by atomic mass is 10.1. The number of hydrogen-bond donors (Lipinski definition) is 2. The molecule has 2 aromatic rings. The zero-order chi connectivity index (χ0) is 18.4. The minimum absolute atomic E-state index is 0.287. The van der Waals surface area contributed by atoms with Crippen molar-refractivity contribution in [3.63, 3.8) is 0 Å². The summed E-state index contributed by atoms with van der Waals surface area (Å²) in [6.45, 7) is 7.08. The molecule has 0 radical (unpaired) electrons. The second-order valence-corrected chi connectivity index (χ2v) is 5.60. The number of hydrogen-bond acceptors (Lipinski definition) is 6. The minimum Gasteiger partial charge on any atom is -0.383 e. The number of anilines is 2. The van der Waals surface area contributed by atoms with Crippen LogP contribution in [-0.2, 0) is 14.4 Å². The van der Waals surface area contributed by atoms with Crippen molar-refractivity contribution in [3.8, 4) is 0 Å². The average Bonchev–Trinajstić information content (AvgIpc) is 2.95. The topological polar surface area (TPSA) is 106 Å². The molecule has 1 heterocycles. The molecule has 0 spiro atoms. The van der Waals surface area contributed by atoms with Crippen molar-refractivity contribution < 1.29 is 18.9 Å². The standard InChI is InChI=1S/C17H20N4O4/c1-10-5-6-14(11(2)7-10)19-16(22)9-18-25-13(4)17(23)20-15-8-12(3)24-21-15/h5-9,13H,1-4H3,(H,19,22)(H,20,21,23)/b18-9-/t13-/m1/s1. The van der Waals surface area contributed by atoms with Gasteiger partial charge in [-0.25, -0.2) is 0 Å². The third-order valence-electron chi connectivity index (χ3n) is 3.28. The van der Waals surface area contributed by atoms with Gasteiger partial charge in [0.2, 0.25) is 6.10 Å². The quantitative estimate of drug-likeness (QED) is 0.619. The molecule has 8 nitrogen and oxygen atoms in total. The van der Waals surface area contributed by atoms with Crippen molar-refractivity contribution in [2.75, 3.05) is 10.6 Å². The van der Waals surface area contributed by atoms with Gasteiger partial charge in [0.15, 0.2) is 5.82 Å². The van der Waals surface area contributed by atoms with E-state index in [-0.39, 0.29) is 5.82 Å². The maximum Gasteiger partial charge on any atom is 0.270 e. The van der Waals surface area contributed by atoms with Crippen molar-refractivity contribution in [1.82, 2.24) is 5.16 Å². The molecular weight excluding hydrogens is 324 g/mol. The van der Waals surface area contributed by atoms with E-state index in [9.17, 15) is 9.59 Å². The van der Waals surface area contributed by atoms with E-state index in [0.717, 1.165) is 17.3 Å². The lowest BCUT2D eigenvalue weighted by molar-refractivity contribution is -0.126. The molecule has 0 saturated carbocycles. The molecule has 0 saturated heterocycles. The number of nitrogens with zero attached hydrogens (tertiary/aromatic N) is 2. The van der Waals surface area contributed by atoms with Gasteiger partial charge in [-0.3, -0.25) is 9.59 Å². The number of aryl methyl sites for hydroxylation is 3. The van der Waals surface area contributed by atoms with Gasteiger partial charge in [0.05, 0.1) is 0 Å². The Labute approximate surface area is 145 Å². The first-order valence-electron chi connectivity index (χ1n) is 7.67. The van der Waals surface area contributed by atoms with Crippen molar-refractivity contribution >= 4 is 29.5 Å². The molecule has 0 unspecified atom stereocenters. The van der Waals surface area contributed by atoms with Crippen molar-refractivity contribution in [2.24, 2.45) is 5.16 Å². The maximum absolute atomic E-state index is 11.9. The summed E-state index contributed by atoms with van der Waals surface area (Å²) >= 11 is 0. The molecule has 1 aromatic carbocycles. The van der Waals surface area contributed by atoms with Crippen LogP contribution in [0.3, 0.4) is 0 Å². The highest BCUT2D eigenvalue weighted by atomic mass is 16.6. The van der Waals surface area contributed by atoms with Crippen molar-refractivity contribution in [3.05, 3.63) is 41.2 Å². The maximum atomic E-state index is 11.9. The van der Waals surface area contributed by atoms with Crippen LogP contribution in [0.4, 0.5) is 11.5 Å². The first kappa shape index (κ1) is 18.2. The number of amides is 2. The lowest BCUT2D eigenvalue weighted by Crippen LogP contribution is -2.26. The summed E-state index contributed by atoms with van der Waals surface area (Å²) in [7, 11) is 0. The zero-order valence-electron chi connectivity index (χ0n) is 14.5. The molecule has 0 fully saturated rings. The Morgan fingerprint density at radius 1 is 1.24 bits per heavy atom.